The molecule has 1 aromatic rings. The number of hydrogen-bond acceptors (Lipinski definition) is 4. The Morgan fingerprint density at radius 2 is 2.32 bits per heavy atom. The third kappa shape index (κ3) is 3.29. The average molecular weight is 263 g/mol. The molecular formula is C13H17N3O3. The van der Waals surface area contributed by atoms with Gasteiger partial charge >= 0.3 is 0 Å². The normalized spacial score (nSPS) is 18.9. The predicted octanol–water partition coefficient (Wildman–Crippen LogP) is 1.84. The van der Waals surface area contributed by atoms with Crippen molar-refractivity contribution in [2.24, 2.45) is 5.92 Å². The lowest BCUT2D eigenvalue weighted by Gasteiger charge is -2.22. The molecule has 6 nitrogen and oxygen atoms in total. The number of nitrogens with zero attached hydrogens (tertiary/aromatic N) is 1. The highest BCUT2D eigenvalue weighted by Gasteiger charge is 2.21. The number of anilines is 1. The monoisotopic (exact) mass is 263 g/mol. The number of amides is 1. The van der Waals surface area contributed by atoms with Crippen LogP contribution in [0.2, 0.25) is 0 Å². The van der Waals surface area contributed by atoms with Crippen LogP contribution in [0.4, 0.5) is 11.4 Å². The summed E-state index contributed by atoms with van der Waals surface area (Å²) in [6.07, 6.45) is 1.88. The van der Waals surface area contributed by atoms with Crippen LogP contribution in [0.3, 0.4) is 0 Å². The molecule has 2 rings (SSSR count). The molecule has 0 spiro atoms. The molecule has 6 heteroatoms. The number of piperidine rings is 1. The Hall–Kier alpha value is -1.95. The second-order valence-corrected chi connectivity index (χ2v) is 4.79. The van der Waals surface area contributed by atoms with E-state index in [2.05, 4.69) is 10.6 Å². The SMILES string of the molecule is Cc1cc([N+](=O)[O-])ccc1NC(=O)[C@H]1CCCNC1. The number of nitrogens with one attached hydrogen (secondary N) is 2. The molecule has 0 unspecified atom stereocenters. The van der Waals surface area contributed by atoms with Crippen LogP contribution in [0.25, 0.3) is 0 Å². The van der Waals surface area contributed by atoms with Gasteiger partial charge in [0.2, 0.25) is 5.91 Å². The lowest BCUT2D eigenvalue weighted by Crippen LogP contribution is -2.37. The molecule has 19 heavy (non-hydrogen) atoms. The third-order valence-corrected chi connectivity index (χ3v) is 3.35. The van der Waals surface area contributed by atoms with Gasteiger partial charge in [0, 0.05) is 24.4 Å². The van der Waals surface area contributed by atoms with Gasteiger partial charge in [-0.05, 0) is 37.9 Å². The first-order valence-electron chi connectivity index (χ1n) is 6.34. The molecule has 1 atom stereocenters. The lowest BCUT2D eigenvalue weighted by atomic mass is 9.98. The summed E-state index contributed by atoms with van der Waals surface area (Å²) in [6.45, 7) is 3.40. The zero-order valence-electron chi connectivity index (χ0n) is 10.8. The standard InChI is InChI=1S/C13H17N3O3/c1-9-7-11(16(18)19)4-5-12(9)15-13(17)10-3-2-6-14-8-10/h4-5,7,10,14H,2-3,6,8H2,1H3,(H,15,17)/t10-/m0/s1. The second-order valence-electron chi connectivity index (χ2n) is 4.79. The molecule has 0 aromatic heterocycles. The van der Waals surface area contributed by atoms with E-state index in [4.69, 9.17) is 0 Å². The number of hydrogen-bond donors (Lipinski definition) is 2. The number of benzene rings is 1. The van der Waals surface area contributed by atoms with Crippen LogP contribution < -0.4 is 10.6 Å². The molecule has 1 amide bonds. The van der Waals surface area contributed by atoms with Crippen LogP contribution in [0, 0.1) is 23.0 Å². The van der Waals surface area contributed by atoms with Crippen LogP contribution in [0.15, 0.2) is 18.2 Å². The van der Waals surface area contributed by atoms with Crippen LogP contribution >= 0.6 is 0 Å². The number of carbonyl (C=O) groups is 1. The zero-order chi connectivity index (χ0) is 13.8. The molecule has 0 saturated carbocycles. The van der Waals surface area contributed by atoms with Crippen LogP contribution in [-0.2, 0) is 4.79 Å². The fourth-order valence-corrected chi connectivity index (χ4v) is 2.21. The maximum Gasteiger partial charge on any atom is 0.269 e. The fourth-order valence-electron chi connectivity index (χ4n) is 2.21. The highest BCUT2D eigenvalue weighted by molar-refractivity contribution is 5.93. The predicted molar refractivity (Wildman–Crippen MR) is 72.1 cm³/mol. The minimum absolute atomic E-state index is 0.0239. The molecule has 2 N–H and O–H groups in total. The van der Waals surface area contributed by atoms with Crippen LogP contribution in [-0.4, -0.2) is 23.9 Å². The Morgan fingerprint density at radius 1 is 1.53 bits per heavy atom. The van der Waals surface area contributed by atoms with Gasteiger partial charge in [0.25, 0.3) is 5.69 Å². The number of rotatable bonds is 3. The number of carbonyl (C=O) groups excluding carboxylic acids is 1. The molecule has 1 aliphatic rings. The summed E-state index contributed by atoms with van der Waals surface area (Å²) in [5, 5.41) is 16.7. The molecule has 0 aliphatic carbocycles. The second kappa shape index (κ2) is 5.79. The topological polar surface area (TPSA) is 84.3 Å². The van der Waals surface area contributed by atoms with Crippen molar-refractivity contribution in [1.29, 1.82) is 0 Å². The Bertz CT molecular complexity index is 496. The third-order valence-electron chi connectivity index (χ3n) is 3.35. The van der Waals surface area contributed by atoms with E-state index in [1.165, 1.54) is 12.1 Å². The van der Waals surface area contributed by atoms with E-state index in [0.29, 0.717) is 17.8 Å². The number of nitro groups is 1. The Morgan fingerprint density at radius 3 is 2.89 bits per heavy atom. The van der Waals surface area contributed by atoms with Crippen molar-refractivity contribution in [3.63, 3.8) is 0 Å². The molecule has 1 aliphatic heterocycles. The van der Waals surface area contributed by atoms with Gasteiger partial charge in [-0.3, -0.25) is 14.9 Å². The Kier molecular flexibility index (Phi) is 4.11. The average Bonchev–Trinajstić information content (AvgIpc) is 2.41. The number of aryl methyl sites for hydroxylation is 1. The van der Waals surface area contributed by atoms with Gasteiger partial charge in [0.1, 0.15) is 0 Å². The van der Waals surface area contributed by atoms with Gasteiger partial charge in [-0.25, -0.2) is 0 Å². The first kappa shape index (κ1) is 13.5. The minimum atomic E-state index is -0.441. The first-order valence-corrected chi connectivity index (χ1v) is 6.34. The molecule has 1 heterocycles. The van der Waals surface area contributed by atoms with Gasteiger partial charge in [-0.2, -0.15) is 0 Å². The summed E-state index contributed by atoms with van der Waals surface area (Å²) < 4.78 is 0. The summed E-state index contributed by atoms with van der Waals surface area (Å²) in [7, 11) is 0. The van der Waals surface area contributed by atoms with Gasteiger partial charge in [0.05, 0.1) is 10.8 Å². The van der Waals surface area contributed by atoms with Crippen molar-refractivity contribution in [2.45, 2.75) is 19.8 Å². The van der Waals surface area contributed by atoms with E-state index in [1.54, 1.807) is 13.0 Å². The largest absolute Gasteiger partial charge is 0.326 e. The summed E-state index contributed by atoms with van der Waals surface area (Å²) in [5.74, 6) is -0.0486. The molecular weight excluding hydrogens is 246 g/mol. The smallest absolute Gasteiger partial charge is 0.269 e. The minimum Gasteiger partial charge on any atom is -0.326 e. The molecule has 0 bridgehead atoms. The van der Waals surface area contributed by atoms with E-state index in [0.717, 1.165) is 19.4 Å². The van der Waals surface area contributed by atoms with Crippen molar-refractivity contribution in [1.82, 2.24) is 5.32 Å². The zero-order valence-corrected chi connectivity index (χ0v) is 10.8. The molecule has 1 saturated heterocycles. The van der Waals surface area contributed by atoms with Gasteiger partial charge < -0.3 is 10.6 Å². The van der Waals surface area contributed by atoms with Gasteiger partial charge in [-0.1, -0.05) is 0 Å². The maximum absolute atomic E-state index is 12.1. The quantitative estimate of drug-likeness (QED) is 0.643. The Balaban J connectivity index is 2.06. The van der Waals surface area contributed by atoms with E-state index in [-0.39, 0.29) is 17.5 Å². The highest BCUT2D eigenvalue weighted by atomic mass is 16.6. The molecule has 0 radical (unpaired) electrons. The Labute approximate surface area is 111 Å². The molecule has 1 fully saturated rings. The maximum atomic E-state index is 12.1. The number of nitro benzene ring substituents is 1. The van der Waals surface area contributed by atoms with Crippen molar-refractivity contribution in [3.8, 4) is 0 Å². The van der Waals surface area contributed by atoms with Crippen molar-refractivity contribution in [3.05, 3.63) is 33.9 Å². The van der Waals surface area contributed by atoms with Crippen molar-refractivity contribution < 1.29 is 9.72 Å². The van der Waals surface area contributed by atoms with E-state index in [9.17, 15) is 14.9 Å². The molecule has 102 valence electrons. The van der Waals surface area contributed by atoms with Crippen LogP contribution in [0.5, 0.6) is 0 Å². The lowest BCUT2D eigenvalue weighted by molar-refractivity contribution is -0.384. The van der Waals surface area contributed by atoms with Crippen molar-refractivity contribution in [2.75, 3.05) is 18.4 Å². The highest BCUT2D eigenvalue weighted by Crippen LogP contribution is 2.22. The van der Waals surface area contributed by atoms with Crippen molar-refractivity contribution >= 4 is 17.3 Å². The number of non-ortho nitro benzene ring substituents is 1. The van der Waals surface area contributed by atoms with Crippen LogP contribution in [0.1, 0.15) is 18.4 Å². The van der Waals surface area contributed by atoms with Gasteiger partial charge in [0.15, 0.2) is 0 Å². The van der Waals surface area contributed by atoms with E-state index >= 15 is 0 Å². The first-order chi connectivity index (χ1) is 9.08. The van der Waals surface area contributed by atoms with E-state index in [1.807, 2.05) is 0 Å². The fraction of sp³-hybridized carbons (Fsp3) is 0.462. The summed E-state index contributed by atoms with van der Waals surface area (Å²) in [4.78, 5) is 22.3. The summed E-state index contributed by atoms with van der Waals surface area (Å²) in [5.41, 5.74) is 1.38. The van der Waals surface area contributed by atoms with Gasteiger partial charge in [-0.15, -0.1) is 0 Å². The molecule has 1 aromatic carbocycles. The van der Waals surface area contributed by atoms with E-state index < -0.39 is 4.92 Å². The summed E-state index contributed by atoms with van der Waals surface area (Å²) in [6, 6.07) is 4.46. The summed E-state index contributed by atoms with van der Waals surface area (Å²) >= 11 is 0.